The Kier molecular flexibility index (Phi) is 5.77. The Hall–Kier alpha value is -0.620. The van der Waals surface area contributed by atoms with E-state index in [1.807, 2.05) is 0 Å². The maximum atomic E-state index is 10.2. The highest BCUT2D eigenvalue weighted by Crippen LogP contribution is 1.96. The molecule has 1 aromatic carbocycles. The van der Waals surface area contributed by atoms with Gasteiger partial charge in [0.1, 0.15) is 23.0 Å². The summed E-state index contributed by atoms with van der Waals surface area (Å²) in [5, 5.41) is 8.38. The number of benzene rings is 1. The molecular formula is C7H7IO3. The van der Waals surface area contributed by atoms with Crippen LogP contribution >= 0.6 is 23.0 Å². The fraction of sp³-hybridized carbons (Fsp3) is 0. The lowest BCUT2D eigenvalue weighted by Gasteiger charge is -1.88. The first-order valence-corrected chi connectivity index (χ1v) is 3.72. The first-order chi connectivity index (χ1) is 5.30. The highest BCUT2D eigenvalue weighted by atomic mass is 127. The quantitative estimate of drug-likeness (QED) is 0.761. The molecule has 0 aromatic heterocycles. The number of halogens is 1. The highest BCUT2D eigenvalue weighted by Gasteiger charge is 1.96. The summed E-state index contributed by atoms with van der Waals surface area (Å²) in [7, 11) is 0. The number of hydrogen-bond acceptors (Lipinski definition) is 2. The van der Waals surface area contributed by atoms with E-state index in [1.54, 1.807) is 30.3 Å². The highest BCUT2D eigenvalue weighted by molar-refractivity contribution is 14.1. The molecule has 0 radical (unpaired) electrons. The third-order valence-corrected chi connectivity index (χ3v) is 1.02. The Morgan fingerprint density at radius 3 is 1.91 bits per heavy atom. The molecule has 0 aliphatic rings. The molecule has 3 nitrogen and oxygen atoms in total. The average molecular weight is 266 g/mol. The fourth-order valence-corrected chi connectivity index (χ4v) is 0.581. The van der Waals surface area contributed by atoms with Crippen molar-refractivity contribution in [2.24, 2.45) is 0 Å². The van der Waals surface area contributed by atoms with Gasteiger partial charge in [0.05, 0.1) is 5.56 Å². The van der Waals surface area contributed by atoms with Gasteiger partial charge in [-0.15, -0.1) is 0 Å². The minimum atomic E-state index is -0.879. The summed E-state index contributed by atoms with van der Waals surface area (Å²) in [5.41, 5.74) is 0.331. The van der Waals surface area contributed by atoms with E-state index in [-0.39, 0.29) is 0 Å². The van der Waals surface area contributed by atoms with Gasteiger partial charge in [-0.25, -0.2) is 4.79 Å². The molecule has 1 aromatic rings. The average Bonchev–Trinajstić information content (AvgIpc) is 2.10. The topological polar surface area (TPSA) is 57.5 Å². The molecular weight excluding hydrogens is 259 g/mol. The molecule has 0 aliphatic heterocycles. The van der Waals surface area contributed by atoms with Crippen LogP contribution in [-0.2, 0) is 0 Å². The smallest absolute Gasteiger partial charge is 0.335 e. The van der Waals surface area contributed by atoms with Crippen molar-refractivity contribution < 1.29 is 13.3 Å². The summed E-state index contributed by atoms with van der Waals surface area (Å²) in [5.74, 6) is -0.879. The van der Waals surface area contributed by atoms with Gasteiger partial charge in [-0.3, -0.25) is 0 Å². The number of hydrogen-bond donors (Lipinski definition) is 2. The van der Waals surface area contributed by atoms with Crippen molar-refractivity contribution in [1.82, 2.24) is 0 Å². The van der Waals surface area contributed by atoms with Crippen molar-refractivity contribution in [3.63, 3.8) is 0 Å². The molecule has 0 saturated carbocycles. The van der Waals surface area contributed by atoms with Gasteiger partial charge in [-0.1, -0.05) is 18.2 Å². The molecule has 1 rings (SSSR count). The van der Waals surface area contributed by atoms with Crippen LogP contribution in [0.4, 0.5) is 0 Å². The van der Waals surface area contributed by atoms with E-state index in [9.17, 15) is 4.79 Å². The van der Waals surface area contributed by atoms with Gasteiger partial charge in [0.2, 0.25) is 0 Å². The van der Waals surface area contributed by atoms with Gasteiger partial charge < -0.3 is 8.54 Å². The molecule has 0 saturated heterocycles. The normalized spacial score (nSPS) is 7.82. The molecule has 0 spiro atoms. The molecule has 11 heavy (non-hydrogen) atoms. The van der Waals surface area contributed by atoms with Crippen LogP contribution in [0.25, 0.3) is 0 Å². The minimum absolute atomic E-state index is 0.331. The first-order valence-electron chi connectivity index (χ1n) is 2.76. The van der Waals surface area contributed by atoms with E-state index >= 15 is 0 Å². The van der Waals surface area contributed by atoms with Crippen LogP contribution in [-0.4, -0.2) is 14.5 Å². The molecule has 2 N–H and O–H groups in total. The minimum Gasteiger partial charge on any atom is -0.478 e. The molecule has 0 heterocycles. The summed E-state index contributed by atoms with van der Waals surface area (Å²) >= 11 is 1.15. The van der Waals surface area contributed by atoms with Crippen LogP contribution < -0.4 is 0 Å². The van der Waals surface area contributed by atoms with Gasteiger partial charge in [0.15, 0.2) is 0 Å². The van der Waals surface area contributed by atoms with Crippen LogP contribution in [0.15, 0.2) is 30.3 Å². The van der Waals surface area contributed by atoms with Crippen LogP contribution in [0.1, 0.15) is 10.4 Å². The molecule has 0 fully saturated rings. The maximum absolute atomic E-state index is 10.2. The van der Waals surface area contributed by atoms with Crippen molar-refractivity contribution in [2.75, 3.05) is 0 Å². The Morgan fingerprint density at radius 2 is 1.64 bits per heavy atom. The summed E-state index contributed by atoms with van der Waals surface area (Å²) in [6, 6.07) is 8.30. The number of rotatable bonds is 1. The van der Waals surface area contributed by atoms with Crippen molar-refractivity contribution >= 4 is 29.0 Å². The van der Waals surface area contributed by atoms with Gasteiger partial charge >= 0.3 is 5.97 Å². The second-order valence-electron chi connectivity index (χ2n) is 1.67. The Morgan fingerprint density at radius 1 is 1.18 bits per heavy atom. The predicted octanol–water partition coefficient (Wildman–Crippen LogP) is 1.71. The van der Waals surface area contributed by atoms with E-state index in [2.05, 4.69) is 0 Å². The van der Waals surface area contributed by atoms with E-state index < -0.39 is 5.97 Å². The number of carboxylic acid groups (broad SMARTS) is 1. The van der Waals surface area contributed by atoms with Gasteiger partial charge in [0, 0.05) is 0 Å². The zero-order valence-electron chi connectivity index (χ0n) is 5.57. The molecule has 0 amide bonds. The molecule has 0 unspecified atom stereocenters. The van der Waals surface area contributed by atoms with Crippen molar-refractivity contribution in [1.29, 1.82) is 0 Å². The number of aromatic carboxylic acids is 1. The zero-order valence-corrected chi connectivity index (χ0v) is 7.72. The predicted molar refractivity (Wildman–Crippen MR) is 49.6 cm³/mol. The maximum Gasteiger partial charge on any atom is 0.335 e. The number of carboxylic acids is 1. The van der Waals surface area contributed by atoms with Crippen LogP contribution in [0, 0.1) is 0 Å². The van der Waals surface area contributed by atoms with Crippen LogP contribution in [0.2, 0.25) is 0 Å². The van der Waals surface area contributed by atoms with Crippen LogP contribution in [0.5, 0.6) is 0 Å². The van der Waals surface area contributed by atoms with E-state index in [0.717, 1.165) is 23.0 Å². The molecule has 60 valence electrons. The largest absolute Gasteiger partial charge is 0.478 e. The van der Waals surface area contributed by atoms with E-state index in [1.165, 1.54) is 0 Å². The first kappa shape index (κ1) is 10.4. The van der Waals surface area contributed by atoms with Crippen molar-refractivity contribution in [2.45, 2.75) is 0 Å². The SMILES string of the molecule is O=C(O)c1ccccc1.OI. The molecule has 4 heteroatoms. The van der Waals surface area contributed by atoms with Gasteiger partial charge in [-0.05, 0) is 12.1 Å². The fourth-order valence-electron chi connectivity index (χ4n) is 0.581. The third-order valence-electron chi connectivity index (χ3n) is 1.02. The van der Waals surface area contributed by atoms with Crippen LogP contribution in [0.3, 0.4) is 0 Å². The molecule has 0 bridgehead atoms. The summed E-state index contributed by atoms with van der Waals surface area (Å²) in [6.45, 7) is 0. The lowest BCUT2D eigenvalue weighted by molar-refractivity contribution is 0.0697. The standard InChI is InChI=1S/C7H6O2.HIO/c8-7(9)6-4-2-1-3-5-6;1-2/h1-5H,(H,8,9);2H. The van der Waals surface area contributed by atoms with Crippen molar-refractivity contribution in [3.05, 3.63) is 35.9 Å². The Labute approximate surface area is 78.4 Å². The molecule has 0 atom stereocenters. The second-order valence-corrected chi connectivity index (χ2v) is 1.67. The lowest BCUT2D eigenvalue weighted by atomic mass is 10.2. The number of carbonyl (C=O) groups is 1. The molecule has 0 aliphatic carbocycles. The van der Waals surface area contributed by atoms with E-state index in [0.29, 0.717) is 5.56 Å². The summed E-state index contributed by atoms with van der Waals surface area (Å²) in [6.07, 6.45) is 0. The summed E-state index contributed by atoms with van der Waals surface area (Å²) in [4.78, 5) is 10.2. The van der Waals surface area contributed by atoms with Gasteiger partial charge in [0.25, 0.3) is 0 Å². The monoisotopic (exact) mass is 266 g/mol. The van der Waals surface area contributed by atoms with Crippen molar-refractivity contribution in [3.8, 4) is 0 Å². The Balaban J connectivity index is 0.000000461. The third kappa shape index (κ3) is 3.94. The summed E-state index contributed by atoms with van der Waals surface area (Å²) < 4.78 is 6.97. The lowest BCUT2D eigenvalue weighted by Crippen LogP contribution is -1.93. The van der Waals surface area contributed by atoms with E-state index in [4.69, 9.17) is 8.54 Å². The second kappa shape index (κ2) is 6.11. The Bertz CT molecular complexity index is 210. The van der Waals surface area contributed by atoms with Gasteiger partial charge in [-0.2, -0.15) is 0 Å². The zero-order chi connectivity index (χ0) is 8.69.